The zero-order chi connectivity index (χ0) is 44.6. The molecular weight excluding hydrogens is 795 g/mol. The summed E-state index contributed by atoms with van der Waals surface area (Å²) in [6.45, 7) is 11.2. The predicted molar refractivity (Wildman–Crippen MR) is 280 cm³/mol. The van der Waals surface area contributed by atoms with Crippen molar-refractivity contribution in [1.82, 2.24) is 0 Å². The third-order valence-electron chi connectivity index (χ3n) is 14.2. The van der Waals surface area contributed by atoms with Crippen LogP contribution in [0.25, 0.3) is 72.5 Å². The monoisotopic (exact) mass is 843 g/mol. The smallest absolute Gasteiger partial charge is 0.0731 e. The Morgan fingerprint density at radius 1 is 0.394 bits per heavy atom. The highest BCUT2D eigenvalue weighted by Crippen LogP contribution is 2.65. The van der Waals surface area contributed by atoms with Gasteiger partial charge >= 0.3 is 0 Å². The Bertz CT molecular complexity index is 3520. The summed E-state index contributed by atoms with van der Waals surface area (Å²) in [4.78, 5) is 2.46. The van der Waals surface area contributed by atoms with E-state index in [1.807, 2.05) is 6.08 Å². The molecule has 1 spiro atoms. The first-order chi connectivity index (χ1) is 32.3. The van der Waals surface area contributed by atoms with E-state index in [1.165, 1.54) is 94.2 Å². The summed E-state index contributed by atoms with van der Waals surface area (Å²) in [6, 6.07) is 83.4. The van der Waals surface area contributed by atoms with E-state index in [2.05, 4.69) is 257 Å². The van der Waals surface area contributed by atoms with E-state index in [1.54, 1.807) is 0 Å². The normalized spacial score (nSPS) is 14.4. The maximum Gasteiger partial charge on any atom is 0.0731 e. The minimum absolute atomic E-state index is 0.0311. The van der Waals surface area contributed by atoms with Gasteiger partial charge in [0.15, 0.2) is 0 Å². The summed E-state index contributed by atoms with van der Waals surface area (Å²) in [5.41, 5.74) is 23.0. The molecule has 0 saturated heterocycles. The second-order valence-electron chi connectivity index (χ2n) is 18.9. The molecule has 0 N–H and O–H groups in total. The largest absolute Gasteiger partial charge is 0.309 e. The Kier molecular flexibility index (Phi) is 9.19. The minimum Gasteiger partial charge on any atom is -0.309 e. The maximum atomic E-state index is 4.26. The van der Waals surface area contributed by atoms with Crippen LogP contribution in [0.1, 0.15) is 54.2 Å². The third-order valence-corrected chi connectivity index (χ3v) is 14.2. The first-order valence-corrected chi connectivity index (χ1v) is 23.1. The van der Waals surface area contributed by atoms with Crippen LogP contribution in [0.15, 0.2) is 231 Å². The molecule has 0 fully saturated rings. The van der Waals surface area contributed by atoms with Crippen LogP contribution in [0.4, 0.5) is 17.1 Å². The van der Waals surface area contributed by atoms with E-state index >= 15 is 0 Å². The van der Waals surface area contributed by atoms with Gasteiger partial charge in [0.25, 0.3) is 0 Å². The van der Waals surface area contributed by atoms with Gasteiger partial charge in [-0.2, -0.15) is 0 Å². The molecule has 1 atom stereocenters. The van der Waals surface area contributed by atoms with Gasteiger partial charge in [-0.3, -0.25) is 0 Å². The van der Waals surface area contributed by atoms with Crippen LogP contribution in [-0.4, -0.2) is 0 Å². The summed E-state index contributed by atoms with van der Waals surface area (Å²) in [5, 5.41) is 2.39. The van der Waals surface area contributed by atoms with E-state index in [4.69, 9.17) is 0 Å². The first kappa shape index (κ1) is 39.6. The molecule has 0 radical (unpaired) electrons. The number of fused-ring (bicyclic) bond motifs is 11. The zero-order valence-electron chi connectivity index (χ0n) is 37.6. The summed E-state index contributed by atoms with van der Waals surface area (Å²) in [5.74, 6) is 0. The van der Waals surface area contributed by atoms with E-state index < -0.39 is 5.41 Å². The quantitative estimate of drug-likeness (QED) is 0.154. The number of anilines is 3. The van der Waals surface area contributed by atoms with Crippen molar-refractivity contribution in [3.05, 3.63) is 264 Å². The second kappa shape index (κ2) is 15.3. The van der Waals surface area contributed by atoms with Crippen molar-refractivity contribution in [1.29, 1.82) is 0 Å². The van der Waals surface area contributed by atoms with Crippen molar-refractivity contribution >= 4 is 33.9 Å². The summed E-state index contributed by atoms with van der Waals surface area (Å²) < 4.78 is 0. The van der Waals surface area contributed by atoms with Gasteiger partial charge in [-0.15, -0.1) is 0 Å². The van der Waals surface area contributed by atoms with Crippen LogP contribution in [0.5, 0.6) is 0 Å². The molecule has 0 heterocycles. The van der Waals surface area contributed by atoms with E-state index in [-0.39, 0.29) is 5.41 Å². The van der Waals surface area contributed by atoms with Gasteiger partial charge < -0.3 is 4.90 Å². The number of hydrogen-bond acceptors (Lipinski definition) is 1. The lowest BCUT2D eigenvalue weighted by Gasteiger charge is -2.34. The van der Waals surface area contributed by atoms with Crippen LogP contribution in [0.2, 0.25) is 0 Å². The number of hydrogen-bond donors (Lipinski definition) is 0. The highest BCUT2D eigenvalue weighted by molar-refractivity contribution is 6.09. The van der Waals surface area contributed by atoms with Gasteiger partial charge in [0.05, 0.1) is 16.8 Å². The zero-order valence-corrected chi connectivity index (χ0v) is 37.6. The minimum atomic E-state index is -0.547. The van der Waals surface area contributed by atoms with Crippen molar-refractivity contribution in [3.8, 4) is 55.6 Å². The lowest BCUT2D eigenvalue weighted by atomic mass is 9.67. The summed E-state index contributed by atoms with van der Waals surface area (Å²) in [7, 11) is 0. The Morgan fingerprint density at radius 3 is 1.67 bits per heavy atom. The Balaban J connectivity index is 1.13. The molecule has 0 bridgehead atoms. The van der Waals surface area contributed by atoms with Gasteiger partial charge in [-0.05, 0) is 125 Å². The number of benzene rings is 10. The predicted octanol–water partition coefficient (Wildman–Crippen LogP) is 17.6. The Labute approximate surface area is 388 Å². The standard InChI is InChI=1S/C65H49N/c1-5-43-31-37-53-54-38-34-47(64(2,3)4)42-60(54)65(59(53)41-43)58-29-16-14-25-52(58)57-28-18-27-56(63(57)65)51-39-40-62(55-26-13-12-24-50(51)55)66(48-35-32-45(33-36-48)44-19-8-6-9-20-44)61-30-17-15-23-49(61)46-21-10-7-11-22-46/h5-42H,1H2,2-4H3. The van der Waals surface area contributed by atoms with Gasteiger partial charge in [-0.25, -0.2) is 0 Å². The summed E-state index contributed by atoms with van der Waals surface area (Å²) >= 11 is 0. The fraction of sp³-hybridized carbons (Fsp3) is 0.0769. The fourth-order valence-electron chi connectivity index (χ4n) is 11.2. The molecule has 0 amide bonds. The van der Waals surface area contributed by atoms with Gasteiger partial charge in [-0.1, -0.05) is 228 Å². The van der Waals surface area contributed by atoms with Crippen molar-refractivity contribution in [2.24, 2.45) is 0 Å². The molecule has 314 valence electrons. The Hall–Kier alpha value is -8.00. The van der Waals surface area contributed by atoms with Crippen LogP contribution >= 0.6 is 0 Å². The molecule has 10 aromatic carbocycles. The van der Waals surface area contributed by atoms with Crippen molar-refractivity contribution in [2.45, 2.75) is 31.6 Å². The van der Waals surface area contributed by atoms with Crippen molar-refractivity contribution in [2.75, 3.05) is 4.90 Å². The Morgan fingerprint density at radius 2 is 0.939 bits per heavy atom. The first-order valence-electron chi connectivity index (χ1n) is 23.1. The van der Waals surface area contributed by atoms with Crippen LogP contribution < -0.4 is 4.90 Å². The molecule has 12 rings (SSSR count). The molecule has 1 heteroatoms. The van der Waals surface area contributed by atoms with E-state index in [0.717, 1.165) is 22.6 Å². The molecule has 0 aromatic heterocycles. The SMILES string of the molecule is C=Cc1ccc2c(c1)C1(c3cc(C(C)(C)C)ccc3-2)c2ccccc2-c2cccc(-c3ccc(N(c4ccc(-c5ccccc5)cc4)c4ccccc4-c4ccccc4)c4ccccc34)c21. The lowest BCUT2D eigenvalue weighted by Crippen LogP contribution is -2.27. The van der Waals surface area contributed by atoms with Crippen LogP contribution in [0, 0.1) is 0 Å². The number of rotatable bonds is 7. The topological polar surface area (TPSA) is 3.24 Å². The molecule has 1 nitrogen and oxygen atoms in total. The third kappa shape index (κ3) is 6.00. The van der Waals surface area contributed by atoms with Crippen molar-refractivity contribution < 1.29 is 0 Å². The molecule has 66 heavy (non-hydrogen) atoms. The molecule has 1 unspecified atom stereocenters. The van der Waals surface area contributed by atoms with Crippen LogP contribution in [-0.2, 0) is 10.8 Å². The highest BCUT2D eigenvalue weighted by Gasteiger charge is 2.53. The van der Waals surface area contributed by atoms with Crippen molar-refractivity contribution in [3.63, 3.8) is 0 Å². The van der Waals surface area contributed by atoms with Gasteiger partial charge in [0.2, 0.25) is 0 Å². The fourth-order valence-corrected chi connectivity index (χ4v) is 11.2. The summed E-state index contributed by atoms with van der Waals surface area (Å²) in [6.07, 6.45) is 1.99. The van der Waals surface area contributed by atoms with E-state index in [0.29, 0.717) is 0 Å². The molecule has 2 aliphatic carbocycles. The van der Waals surface area contributed by atoms with Gasteiger partial charge in [0.1, 0.15) is 0 Å². The number of nitrogens with zero attached hydrogens (tertiary/aromatic N) is 1. The molecular formula is C65H49N. The number of para-hydroxylation sites is 1. The average molecular weight is 844 g/mol. The van der Waals surface area contributed by atoms with Crippen LogP contribution in [0.3, 0.4) is 0 Å². The molecule has 0 saturated carbocycles. The molecule has 0 aliphatic heterocycles. The second-order valence-corrected chi connectivity index (χ2v) is 18.9. The van der Waals surface area contributed by atoms with Gasteiger partial charge in [0, 0.05) is 16.6 Å². The molecule has 2 aliphatic rings. The average Bonchev–Trinajstić information content (AvgIpc) is 3.84. The molecule has 10 aromatic rings. The maximum absolute atomic E-state index is 4.26. The van der Waals surface area contributed by atoms with E-state index in [9.17, 15) is 0 Å². The highest BCUT2D eigenvalue weighted by atomic mass is 15.1. The lowest BCUT2D eigenvalue weighted by molar-refractivity contribution is 0.588.